The summed E-state index contributed by atoms with van der Waals surface area (Å²) in [5.41, 5.74) is 8.66. The summed E-state index contributed by atoms with van der Waals surface area (Å²) in [4.78, 5) is 18.1. The van der Waals surface area contributed by atoms with Crippen LogP contribution in [0.25, 0.3) is 11.6 Å². The van der Waals surface area contributed by atoms with Crippen molar-refractivity contribution in [2.45, 2.75) is 33.6 Å². The van der Waals surface area contributed by atoms with Crippen LogP contribution in [0.4, 0.5) is 5.69 Å². The van der Waals surface area contributed by atoms with Gasteiger partial charge < -0.3 is 15.2 Å². The van der Waals surface area contributed by atoms with Crippen LogP contribution < -0.4 is 5.32 Å². The quantitative estimate of drug-likeness (QED) is 0.812. The van der Waals surface area contributed by atoms with Gasteiger partial charge in [-0.3, -0.25) is 4.79 Å². The van der Waals surface area contributed by atoms with Crippen LogP contribution in [0, 0.1) is 20.8 Å². The molecule has 0 bridgehead atoms. The van der Waals surface area contributed by atoms with Crippen LogP contribution in [0.15, 0.2) is 18.2 Å². The molecule has 25 heavy (non-hydrogen) atoms. The maximum atomic E-state index is 12.4. The van der Waals surface area contributed by atoms with Crippen molar-refractivity contribution in [3.05, 3.63) is 51.8 Å². The van der Waals surface area contributed by atoms with E-state index in [0.717, 1.165) is 47.5 Å². The Bertz CT molecular complexity index is 843. The predicted octanol–water partition coefficient (Wildman–Crippen LogP) is 3.93. The standard InChI is InChI=1S/C21H27N3O/c1-13-8-6-10-18-20(13)17(21(25)23-18)12-19-14(2)16(15(3)22-19)9-7-11-24(4)5/h6,8,10,12,22H,7,9,11H2,1-5H3,(H,23,25). The second kappa shape index (κ2) is 6.89. The number of carbonyl (C=O) groups excluding carboxylic acids is 1. The van der Waals surface area contributed by atoms with Gasteiger partial charge in [0.1, 0.15) is 0 Å². The van der Waals surface area contributed by atoms with Gasteiger partial charge in [-0.15, -0.1) is 0 Å². The third-order valence-electron chi connectivity index (χ3n) is 4.99. The zero-order chi connectivity index (χ0) is 18.1. The van der Waals surface area contributed by atoms with Crippen molar-refractivity contribution in [1.82, 2.24) is 9.88 Å². The van der Waals surface area contributed by atoms with E-state index >= 15 is 0 Å². The summed E-state index contributed by atoms with van der Waals surface area (Å²) in [7, 11) is 4.20. The second-order valence-electron chi connectivity index (χ2n) is 7.18. The zero-order valence-corrected chi connectivity index (χ0v) is 15.8. The van der Waals surface area contributed by atoms with Gasteiger partial charge in [-0.05, 0) is 83.1 Å². The number of hydrogen-bond acceptors (Lipinski definition) is 2. The van der Waals surface area contributed by atoms with E-state index in [2.05, 4.69) is 43.1 Å². The molecule has 0 unspecified atom stereocenters. The fourth-order valence-electron chi connectivity index (χ4n) is 3.62. The highest BCUT2D eigenvalue weighted by Crippen LogP contribution is 2.36. The average molecular weight is 337 g/mol. The number of aromatic amines is 1. The first-order valence-electron chi connectivity index (χ1n) is 8.84. The molecule has 2 aromatic rings. The molecule has 0 aliphatic carbocycles. The van der Waals surface area contributed by atoms with Gasteiger partial charge >= 0.3 is 0 Å². The van der Waals surface area contributed by atoms with E-state index in [0.29, 0.717) is 0 Å². The Morgan fingerprint density at radius 3 is 2.64 bits per heavy atom. The highest BCUT2D eigenvalue weighted by Gasteiger charge is 2.26. The van der Waals surface area contributed by atoms with Crippen molar-refractivity contribution >= 4 is 23.2 Å². The number of anilines is 1. The van der Waals surface area contributed by atoms with E-state index < -0.39 is 0 Å². The van der Waals surface area contributed by atoms with Crippen LogP contribution in [-0.4, -0.2) is 36.4 Å². The summed E-state index contributed by atoms with van der Waals surface area (Å²) in [5.74, 6) is -0.0230. The number of rotatable bonds is 5. The lowest BCUT2D eigenvalue weighted by Crippen LogP contribution is -2.13. The number of nitrogens with one attached hydrogen (secondary N) is 2. The molecule has 0 fully saturated rings. The largest absolute Gasteiger partial charge is 0.359 e. The van der Waals surface area contributed by atoms with Gasteiger partial charge in [0.15, 0.2) is 0 Å². The molecule has 0 radical (unpaired) electrons. The van der Waals surface area contributed by atoms with Crippen molar-refractivity contribution < 1.29 is 4.79 Å². The highest BCUT2D eigenvalue weighted by molar-refractivity contribution is 6.35. The third kappa shape index (κ3) is 3.40. The molecule has 1 aliphatic heterocycles. The fourth-order valence-corrected chi connectivity index (χ4v) is 3.62. The normalized spacial score (nSPS) is 15.1. The van der Waals surface area contributed by atoms with Gasteiger partial charge in [-0.2, -0.15) is 0 Å². The minimum absolute atomic E-state index is 0.0230. The monoisotopic (exact) mass is 337 g/mol. The van der Waals surface area contributed by atoms with Crippen LogP contribution in [0.1, 0.15) is 40.1 Å². The van der Waals surface area contributed by atoms with Crippen LogP contribution in [0.2, 0.25) is 0 Å². The highest BCUT2D eigenvalue weighted by atomic mass is 16.2. The molecule has 1 aliphatic rings. The van der Waals surface area contributed by atoms with Crippen molar-refractivity contribution in [1.29, 1.82) is 0 Å². The molecule has 4 heteroatoms. The number of fused-ring (bicyclic) bond motifs is 1. The molecule has 3 rings (SSSR count). The van der Waals surface area contributed by atoms with E-state index in [-0.39, 0.29) is 5.91 Å². The Hall–Kier alpha value is -2.33. The van der Waals surface area contributed by atoms with Crippen molar-refractivity contribution in [2.75, 3.05) is 26.0 Å². The molecule has 1 aromatic heterocycles. The average Bonchev–Trinajstić information content (AvgIpc) is 2.99. The first-order valence-corrected chi connectivity index (χ1v) is 8.84. The lowest BCUT2D eigenvalue weighted by molar-refractivity contribution is -0.110. The van der Waals surface area contributed by atoms with Crippen molar-refractivity contribution in [3.8, 4) is 0 Å². The first kappa shape index (κ1) is 17.5. The van der Waals surface area contributed by atoms with Gasteiger partial charge in [0.2, 0.25) is 0 Å². The predicted molar refractivity (Wildman–Crippen MR) is 105 cm³/mol. The summed E-state index contributed by atoms with van der Waals surface area (Å²) >= 11 is 0. The Morgan fingerprint density at radius 1 is 1.16 bits per heavy atom. The molecule has 0 spiro atoms. The smallest absolute Gasteiger partial charge is 0.256 e. The molecule has 0 saturated heterocycles. The number of benzene rings is 1. The van der Waals surface area contributed by atoms with E-state index in [1.165, 1.54) is 16.8 Å². The number of aromatic nitrogens is 1. The summed E-state index contributed by atoms with van der Waals surface area (Å²) < 4.78 is 0. The summed E-state index contributed by atoms with van der Waals surface area (Å²) in [5, 5.41) is 2.97. The Morgan fingerprint density at radius 2 is 1.92 bits per heavy atom. The number of hydrogen-bond donors (Lipinski definition) is 2. The van der Waals surface area contributed by atoms with Gasteiger partial charge in [0, 0.05) is 22.6 Å². The molecule has 0 atom stereocenters. The molecular weight excluding hydrogens is 310 g/mol. The summed E-state index contributed by atoms with van der Waals surface area (Å²) in [6.07, 6.45) is 4.19. The molecule has 1 amide bonds. The fraction of sp³-hybridized carbons (Fsp3) is 0.381. The Kier molecular flexibility index (Phi) is 4.82. The maximum absolute atomic E-state index is 12.4. The molecule has 2 N–H and O–H groups in total. The molecule has 0 saturated carbocycles. The van der Waals surface area contributed by atoms with E-state index in [1.807, 2.05) is 31.2 Å². The SMILES string of the molecule is Cc1cccc2c1C(=Cc1[nH]c(C)c(CCCN(C)C)c1C)C(=O)N2. The van der Waals surface area contributed by atoms with Gasteiger partial charge in [-0.1, -0.05) is 12.1 Å². The number of carbonyl (C=O) groups is 1. The topological polar surface area (TPSA) is 48.1 Å². The Balaban J connectivity index is 1.94. The summed E-state index contributed by atoms with van der Waals surface area (Å²) in [6.45, 7) is 7.39. The molecule has 1 aromatic carbocycles. The first-order chi connectivity index (χ1) is 11.9. The lowest BCUT2D eigenvalue weighted by atomic mass is 9.99. The number of aryl methyl sites for hydroxylation is 2. The van der Waals surface area contributed by atoms with Crippen LogP contribution in [0.3, 0.4) is 0 Å². The molecule has 4 nitrogen and oxygen atoms in total. The van der Waals surface area contributed by atoms with Crippen LogP contribution >= 0.6 is 0 Å². The van der Waals surface area contributed by atoms with Crippen molar-refractivity contribution in [2.24, 2.45) is 0 Å². The number of nitrogens with zero attached hydrogens (tertiary/aromatic N) is 1. The van der Waals surface area contributed by atoms with Crippen molar-refractivity contribution in [3.63, 3.8) is 0 Å². The third-order valence-corrected chi connectivity index (χ3v) is 4.99. The van der Waals surface area contributed by atoms with E-state index in [1.54, 1.807) is 0 Å². The molecule has 2 heterocycles. The van der Waals surface area contributed by atoms with E-state index in [9.17, 15) is 4.79 Å². The molecular formula is C21H27N3O. The lowest BCUT2D eigenvalue weighted by Gasteiger charge is -2.09. The minimum Gasteiger partial charge on any atom is -0.359 e. The number of amides is 1. The maximum Gasteiger partial charge on any atom is 0.256 e. The minimum atomic E-state index is -0.0230. The zero-order valence-electron chi connectivity index (χ0n) is 15.8. The van der Waals surface area contributed by atoms with Gasteiger partial charge in [0.25, 0.3) is 5.91 Å². The van der Waals surface area contributed by atoms with Crippen LogP contribution in [-0.2, 0) is 11.2 Å². The molecule has 132 valence electrons. The van der Waals surface area contributed by atoms with Crippen LogP contribution in [0.5, 0.6) is 0 Å². The van der Waals surface area contributed by atoms with Gasteiger partial charge in [0.05, 0.1) is 5.57 Å². The Labute approximate surface area is 149 Å². The second-order valence-corrected chi connectivity index (χ2v) is 7.18. The summed E-state index contributed by atoms with van der Waals surface area (Å²) in [6, 6.07) is 5.98. The van der Waals surface area contributed by atoms with Gasteiger partial charge in [-0.25, -0.2) is 0 Å². The van der Waals surface area contributed by atoms with E-state index in [4.69, 9.17) is 0 Å². The number of H-pyrrole nitrogens is 1.